The van der Waals surface area contributed by atoms with E-state index in [1.807, 2.05) is 18.2 Å². The van der Waals surface area contributed by atoms with Gasteiger partial charge in [0.15, 0.2) is 0 Å². The van der Waals surface area contributed by atoms with Gasteiger partial charge in [-0.25, -0.2) is 0 Å². The maximum Gasteiger partial charge on any atom is 0.119 e. The average molecular weight is 297 g/mol. The Hall–Kier alpha value is -0.870. The predicted molar refractivity (Wildman–Crippen MR) is 86.8 cm³/mol. The summed E-state index contributed by atoms with van der Waals surface area (Å²) in [5, 5.41) is 3.74. The molecule has 3 unspecified atom stereocenters. The fraction of sp³-hybridized carbons (Fsp3) is 0.625. The molecule has 0 aliphatic heterocycles. The van der Waals surface area contributed by atoms with Crippen LogP contribution in [-0.2, 0) is 10.8 Å². The summed E-state index contributed by atoms with van der Waals surface area (Å²) in [6.45, 7) is 7.21. The highest BCUT2D eigenvalue weighted by Gasteiger charge is 2.18. The van der Waals surface area contributed by atoms with E-state index in [-0.39, 0.29) is 11.3 Å². The zero-order chi connectivity index (χ0) is 15.0. The van der Waals surface area contributed by atoms with E-state index < -0.39 is 10.8 Å². The standard InChI is InChI=1S/C16H27NO2S/c1-5-10-17-16(12-20(18)13(3)6-2)14-8-7-9-15(11-14)19-4/h7-9,11,13,16-17H,5-6,10,12H2,1-4H3. The largest absolute Gasteiger partial charge is 0.497 e. The van der Waals surface area contributed by atoms with Gasteiger partial charge in [0.25, 0.3) is 0 Å². The van der Waals surface area contributed by atoms with E-state index in [0.29, 0.717) is 5.75 Å². The molecule has 20 heavy (non-hydrogen) atoms. The van der Waals surface area contributed by atoms with Gasteiger partial charge in [-0.15, -0.1) is 0 Å². The van der Waals surface area contributed by atoms with Crippen molar-refractivity contribution >= 4 is 10.8 Å². The lowest BCUT2D eigenvalue weighted by Gasteiger charge is -2.21. The van der Waals surface area contributed by atoms with Crippen LogP contribution in [0.4, 0.5) is 0 Å². The molecule has 0 aliphatic carbocycles. The van der Waals surface area contributed by atoms with E-state index in [1.54, 1.807) is 7.11 Å². The van der Waals surface area contributed by atoms with Crippen molar-refractivity contribution in [3.05, 3.63) is 29.8 Å². The number of nitrogens with one attached hydrogen (secondary N) is 1. The third-order valence-electron chi connectivity index (χ3n) is 3.49. The van der Waals surface area contributed by atoms with Crippen molar-refractivity contribution in [1.82, 2.24) is 5.32 Å². The van der Waals surface area contributed by atoms with Crippen LogP contribution in [0.25, 0.3) is 0 Å². The second-order valence-corrected chi connectivity index (χ2v) is 6.95. The minimum Gasteiger partial charge on any atom is -0.497 e. The Bertz CT molecular complexity index is 423. The van der Waals surface area contributed by atoms with Crippen LogP contribution >= 0.6 is 0 Å². The minimum atomic E-state index is -0.811. The summed E-state index contributed by atoms with van der Waals surface area (Å²) in [5.41, 5.74) is 1.15. The summed E-state index contributed by atoms with van der Waals surface area (Å²) in [6.07, 6.45) is 2.02. The summed E-state index contributed by atoms with van der Waals surface area (Å²) in [7, 11) is 0.861. The highest BCUT2D eigenvalue weighted by atomic mass is 32.2. The third-order valence-corrected chi connectivity index (χ3v) is 5.38. The molecular weight excluding hydrogens is 270 g/mol. The van der Waals surface area contributed by atoms with E-state index in [2.05, 4.69) is 32.2 Å². The Morgan fingerprint density at radius 2 is 2.10 bits per heavy atom. The van der Waals surface area contributed by atoms with Crippen LogP contribution in [0.3, 0.4) is 0 Å². The molecule has 0 saturated heterocycles. The van der Waals surface area contributed by atoms with Gasteiger partial charge in [-0.1, -0.05) is 32.9 Å². The van der Waals surface area contributed by atoms with E-state index in [9.17, 15) is 4.21 Å². The van der Waals surface area contributed by atoms with Gasteiger partial charge in [-0.2, -0.15) is 0 Å². The van der Waals surface area contributed by atoms with Crippen molar-refractivity contribution in [2.45, 2.75) is 44.9 Å². The Morgan fingerprint density at radius 1 is 1.35 bits per heavy atom. The smallest absolute Gasteiger partial charge is 0.119 e. The maximum atomic E-state index is 12.3. The van der Waals surface area contributed by atoms with Gasteiger partial charge in [-0.05, 0) is 37.1 Å². The van der Waals surface area contributed by atoms with Crippen molar-refractivity contribution in [1.29, 1.82) is 0 Å². The molecule has 0 radical (unpaired) electrons. The highest BCUT2D eigenvalue weighted by Crippen LogP contribution is 2.21. The number of hydrogen-bond acceptors (Lipinski definition) is 3. The second kappa shape index (κ2) is 9.14. The van der Waals surface area contributed by atoms with Crippen LogP contribution in [0.15, 0.2) is 24.3 Å². The van der Waals surface area contributed by atoms with Crippen LogP contribution < -0.4 is 10.1 Å². The molecule has 0 aliphatic rings. The van der Waals surface area contributed by atoms with Crippen molar-refractivity contribution in [3.8, 4) is 5.75 Å². The van der Waals surface area contributed by atoms with Gasteiger partial charge in [0.05, 0.1) is 7.11 Å². The van der Waals surface area contributed by atoms with Gasteiger partial charge in [0, 0.05) is 27.8 Å². The summed E-state index contributed by atoms with van der Waals surface area (Å²) in [5.74, 6) is 1.50. The number of ether oxygens (including phenoxy) is 1. The lowest BCUT2D eigenvalue weighted by Crippen LogP contribution is -2.29. The Balaban J connectivity index is 2.84. The van der Waals surface area contributed by atoms with E-state index in [1.165, 1.54) is 0 Å². The highest BCUT2D eigenvalue weighted by molar-refractivity contribution is 7.85. The molecule has 1 N–H and O–H groups in total. The molecule has 4 heteroatoms. The first kappa shape index (κ1) is 17.2. The Labute approximate surface area is 125 Å². The zero-order valence-electron chi connectivity index (χ0n) is 13.0. The van der Waals surface area contributed by atoms with Gasteiger partial charge < -0.3 is 10.1 Å². The van der Waals surface area contributed by atoms with Crippen LogP contribution in [0.1, 0.15) is 45.2 Å². The molecule has 0 saturated carbocycles. The van der Waals surface area contributed by atoms with Crippen molar-refractivity contribution in [3.63, 3.8) is 0 Å². The number of hydrogen-bond donors (Lipinski definition) is 1. The molecule has 0 spiro atoms. The van der Waals surface area contributed by atoms with Crippen LogP contribution in [0, 0.1) is 0 Å². The SMILES string of the molecule is CCCNC(CS(=O)C(C)CC)c1cccc(OC)c1. The molecule has 0 bridgehead atoms. The molecule has 0 fully saturated rings. The summed E-state index contributed by atoms with van der Waals surface area (Å²) < 4.78 is 17.6. The molecule has 0 amide bonds. The van der Waals surface area contributed by atoms with Crippen molar-refractivity contribution in [2.75, 3.05) is 19.4 Å². The normalized spacial score (nSPS) is 15.6. The molecule has 1 rings (SSSR count). The van der Waals surface area contributed by atoms with Gasteiger partial charge in [0.2, 0.25) is 0 Å². The first-order valence-electron chi connectivity index (χ1n) is 7.36. The molecule has 1 aromatic carbocycles. The van der Waals surface area contributed by atoms with Crippen molar-refractivity contribution in [2.24, 2.45) is 0 Å². The lowest BCUT2D eigenvalue weighted by molar-refractivity contribution is 0.413. The van der Waals surface area contributed by atoms with Gasteiger partial charge in [0.1, 0.15) is 5.75 Å². The molecule has 0 heterocycles. The van der Waals surface area contributed by atoms with Crippen molar-refractivity contribution < 1.29 is 8.95 Å². The molecule has 3 atom stereocenters. The minimum absolute atomic E-state index is 0.125. The van der Waals surface area contributed by atoms with E-state index >= 15 is 0 Å². The Kier molecular flexibility index (Phi) is 7.85. The number of rotatable bonds is 9. The van der Waals surface area contributed by atoms with Gasteiger partial charge >= 0.3 is 0 Å². The topological polar surface area (TPSA) is 38.3 Å². The fourth-order valence-electron chi connectivity index (χ4n) is 1.96. The first-order chi connectivity index (χ1) is 9.62. The predicted octanol–water partition coefficient (Wildman–Crippen LogP) is 3.28. The molecule has 114 valence electrons. The second-order valence-electron chi connectivity index (χ2n) is 5.05. The van der Waals surface area contributed by atoms with E-state index in [4.69, 9.17) is 4.74 Å². The molecule has 1 aromatic rings. The maximum absolute atomic E-state index is 12.3. The van der Waals surface area contributed by atoms with Crippen LogP contribution in [-0.4, -0.2) is 28.9 Å². The third kappa shape index (κ3) is 5.25. The summed E-state index contributed by atoms with van der Waals surface area (Å²) in [6, 6.07) is 8.15. The van der Waals surface area contributed by atoms with Crippen LogP contribution in [0.5, 0.6) is 5.75 Å². The first-order valence-corrected chi connectivity index (χ1v) is 8.75. The number of methoxy groups -OCH3 is 1. The van der Waals surface area contributed by atoms with Crippen LogP contribution in [0.2, 0.25) is 0 Å². The Morgan fingerprint density at radius 3 is 2.70 bits per heavy atom. The lowest BCUT2D eigenvalue weighted by atomic mass is 10.1. The fourth-order valence-corrected chi connectivity index (χ4v) is 3.30. The zero-order valence-corrected chi connectivity index (χ0v) is 13.8. The quantitative estimate of drug-likeness (QED) is 0.760. The molecular formula is C16H27NO2S. The summed E-state index contributed by atoms with van der Waals surface area (Å²) >= 11 is 0. The molecule has 0 aromatic heterocycles. The summed E-state index contributed by atoms with van der Waals surface area (Å²) in [4.78, 5) is 0. The van der Waals surface area contributed by atoms with Gasteiger partial charge in [-0.3, -0.25) is 4.21 Å². The average Bonchev–Trinajstić information content (AvgIpc) is 2.50. The van der Waals surface area contributed by atoms with E-state index in [0.717, 1.165) is 30.7 Å². The monoisotopic (exact) mass is 297 g/mol. The molecule has 3 nitrogen and oxygen atoms in total. The number of benzene rings is 1.